The largest absolute Gasteiger partial charge is 0.494 e. The van der Waals surface area contributed by atoms with Crippen molar-refractivity contribution in [2.75, 3.05) is 13.2 Å². The fourth-order valence-electron chi connectivity index (χ4n) is 3.57. The van der Waals surface area contributed by atoms with Crippen molar-refractivity contribution in [2.24, 2.45) is 0 Å². The molecule has 1 aromatic rings. The van der Waals surface area contributed by atoms with E-state index in [-0.39, 0.29) is 0 Å². The number of hydrogen-bond donors (Lipinski definition) is 1. The maximum absolute atomic E-state index is 8.73. The lowest BCUT2D eigenvalue weighted by atomic mass is 10.0. The van der Waals surface area contributed by atoms with Crippen molar-refractivity contribution in [3.63, 3.8) is 0 Å². The molecule has 0 amide bonds. The van der Waals surface area contributed by atoms with Gasteiger partial charge in [0.05, 0.1) is 6.61 Å². The zero-order valence-electron chi connectivity index (χ0n) is 17.7. The molecule has 0 saturated heterocycles. The maximum Gasteiger partial charge on any atom is 0.119 e. The Morgan fingerprint density at radius 2 is 0.852 bits per heavy atom. The Balaban J connectivity index is 1.67. The van der Waals surface area contributed by atoms with Crippen molar-refractivity contribution in [3.8, 4) is 5.75 Å². The summed E-state index contributed by atoms with van der Waals surface area (Å²) in [6, 6.07) is 10.1. The third-order valence-electron chi connectivity index (χ3n) is 5.31. The highest BCUT2D eigenvalue weighted by Crippen LogP contribution is 2.14. The Morgan fingerprint density at radius 3 is 1.26 bits per heavy atom. The quantitative estimate of drug-likeness (QED) is 0.236. The first-order valence-electron chi connectivity index (χ1n) is 11.7. The Labute approximate surface area is 168 Å². The number of benzene rings is 1. The van der Waals surface area contributed by atoms with Crippen LogP contribution in [0.4, 0.5) is 0 Å². The van der Waals surface area contributed by atoms with Crippen LogP contribution in [0.5, 0.6) is 5.75 Å². The highest BCUT2D eigenvalue weighted by Gasteiger charge is 1.96. The van der Waals surface area contributed by atoms with Crippen molar-refractivity contribution in [1.82, 2.24) is 0 Å². The van der Waals surface area contributed by atoms with E-state index in [1.54, 1.807) is 0 Å². The summed E-state index contributed by atoms with van der Waals surface area (Å²) in [6.45, 7) is 1.22. The summed E-state index contributed by atoms with van der Waals surface area (Å²) in [5, 5.41) is 8.73. The average Bonchev–Trinajstić information content (AvgIpc) is 2.70. The van der Waals surface area contributed by atoms with E-state index in [9.17, 15) is 0 Å². The summed E-state index contributed by atoms with van der Waals surface area (Å²) in [7, 11) is 0. The summed E-state index contributed by atoms with van der Waals surface area (Å²) in [5.41, 5.74) is 0. The predicted octanol–water partition coefficient (Wildman–Crippen LogP) is 7.69. The van der Waals surface area contributed by atoms with E-state index >= 15 is 0 Å². The van der Waals surface area contributed by atoms with E-state index in [0.717, 1.165) is 18.8 Å². The molecule has 1 N–H and O–H groups in total. The fourth-order valence-corrected chi connectivity index (χ4v) is 3.57. The van der Waals surface area contributed by atoms with Crippen molar-refractivity contribution < 1.29 is 9.84 Å². The molecule has 156 valence electrons. The van der Waals surface area contributed by atoms with Gasteiger partial charge in [-0.25, -0.2) is 0 Å². The van der Waals surface area contributed by atoms with Crippen molar-refractivity contribution >= 4 is 0 Å². The normalized spacial score (nSPS) is 11.0. The number of unbranched alkanes of at least 4 members (excludes halogenated alkanes) is 16. The molecule has 0 radical (unpaired) electrons. The van der Waals surface area contributed by atoms with Gasteiger partial charge in [-0.05, 0) is 25.0 Å². The topological polar surface area (TPSA) is 29.5 Å². The van der Waals surface area contributed by atoms with Gasteiger partial charge >= 0.3 is 0 Å². The molecule has 0 heterocycles. The van der Waals surface area contributed by atoms with Gasteiger partial charge in [0.15, 0.2) is 0 Å². The van der Waals surface area contributed by atoms with Gasteiger partial charge in [0, 0.05) is 6.61 Å². The lowest BCUT2D eigenvalue weighted by Gasteiger charge is -2.06. The molecule has 0 unspecified atom stereocenters. The van der Waals surface area contributed by atoms with Gasteiger partial charge in [-0.15, -0.1) is 0 Å². The molecule has 1 rings (SSSR count). The minimum Gasteiger partial charge on any atom is -0.494 e. The number of rotatable bonds is 20. The van der Waals surface area contributed by atoms with E-state index < -0.39 is 0 Å². The minimum atomic E-state index is 0.365. The molecule has 0 aliphatic carbocycles. The zero-order valence-corrected chi connectivity index (χ0v) is 17.7. The molecule has 0 atom stereocenters. The SMILES string of the molecule is OCCCCCCCCCCCCCCCCCCCOc1ccccc1. The third-order valence-corrected chi connectivity index (χ3v) is 5.31. The van der Waals surface area contributed by atoms with Crippen LogP contribution in [0.2, 0.25) is 0 Å². The summed E-state index contributed by atoms with van der Waals surface area (Å²) in [6.07, 6.45) is 22.9. The van der Waals surface area contributed by atoms with Crippen LogP contribution < -0.4 is 4.74 Å². The molecule has 0 bridgehead atoms. The van der Waals surface area contributed by atoms with E-state index in [2.05, 4.69) is 0 Å². The van der Waals surface area contributed by atoms with Crippen LogP contribution >= 0.6 is 0 Å². The first-order chi connectivity index (χ1) is 13.4. The molecule has 1 aromatic carbocycles. The molecule has 0 fully saturated rings. The van der Waals surface area contributed by atoms with Crippen LogP contribution in [0.25, 0.3) is 0 Å². The number of aliphatic hydroxyl groups excluding tert-OH is 1. The maximum atomic E-state index is 8.73. The van der Waals surface area contributed by atoms with E-state index in [0.29, 0.717) is 6.61 Å². The van der Waals surface area contributed by atoms with Gasteiger partial charge in [-0.1, -0.05) is 115 Å². The molecular weight excluding hydrogens is 332 g/mol. The Hall–Kier alpha value is -1.02. The molecule has 0 saturated carbocycles. The third kappa shape index (κ3) is 16.8. The molecule has 0 aliphatic heterocycles. The van der Waals surface area contributed by atoms with E-state index in [1.807, 2.05) is 30.3 Å². The van der Waals surface area contributed by atoms with Crippen molar-refractivity contribution in [1.29, 1.82) is 0 Å². The Morgan fingerprint density at radius 1 is 0.481 bits per heavy atom. The standard InChI is InChI=1S/C25H44O2/c26-23-19-14-12-10-8-6-4-2-1-3-5-7-9-11-13-15-20-24-27-25-21-17-16-18-22-25/h16-18,21-22,26H,1-15,19-20,23-24H2. The molecule has 2 heteroatoms. The molecule has 27 heavy (non-hydrogen) atoms. The van der Waals surface area contributed by atoms with Gasteiger partial charge < -0.3 is 9.84 Å². The summed E-state index contributed by atoms with van der Waals surface area (Å²) >= 11 is 0. The van der Waals surface area contributed by atoms with Crippen molar-refractivity contribution in [3.05, 3.63) is 30.3 Å². The lowest BCUT2D eigenvalue weighted by Crippen LogP contribution is -1.96. The number of aliphatic hydroxyl groups is 1. The van der Waals surface area contributed by atoms with Crippen LogP contribution in [0.3, 0.4) is 0 Å². The molecule has 2 nitrogen and oxygen atoms in total. The van der Waals surface area contributed by atoms with E-state index in [4.69, 9.17) is 9.84 Å². The summed E-state index contributed by atoms with van der Waals surface area (Å²) in [4.78, 5) is 0. The second-order valence-electron chi connectivity index (χ2n) is 7.90. The molecular formula is C25H44O2. The minimum absolute atomic E-state index is 0.365. The van der Waals surface area contributed by atoms with Crippen LogP contribution in [-0.2, 0) is 0 Å². The smallest absolute Gasteiger partial charge is 0.119 e. The van der Waals surface area contributed by atoms with Crippen LogP contribution in [0.1, 0.15) is 109 Å². The summed E-state index contributed by atoms with van der Waals surface area (Å²) in [5.74, 6) is 0.996. The van der Waals surface area contributed by atoms with Gasteiger partial charge in [0.25, 0.3) is 0 Å². The molecule has 0 aromatic heterocycles. The monoisotopic (exact) mass is 376 g/mol. The van der Waals surface area contributed by atoms with Crippen LogP contribution in [-0.4, -0.2) is 18.3 Å². The molecule has 0 aliphatic rings. The predicted molar refractivity (Wildman–Crippen MR) is 118 cm³/mol. The lowest BCUT2D eigenvalue weighted by molar-refractivity contribution is 0.282. The second-order valence-corrected chi connectivity index (χ2v) is 7.90. The fraction of sp³-hybridized carbons (Fsp3) is 0.760. The zero-order chi connectivity index (χ0) is 19.3. The number of hydrogen-bond acceptors (Lipinski definition) is 2. The van der Waals surface area contributed by atoms with Gasteiger partial charge in [-0.3, -0.25) is 0 Å². The van der Waals surface area contributed by atoms with Gasteiger partial charge in [0.1, 0.15) is 5.75 Å². The van der Waals surface area contributed by atoms with Crippen molar-refractivity contribution in [2.45, 2.75) is 109 Å². The highest BCUT2D eigenvalue weighted by atomic mass is 16.5. The van der Waals surface area contributed by atoms with Gasteiger partial charge in [-0.2, -0.15) is 0 Å². The number of ether oxygens (including phenoxy) is 1. The van der Waals surface area contributed by atoms with Crippen LogP contribution in [0.15, 0.2) is 30.3 Å². The Bertz CT molecular complexity index is 391. The summed E-state index contributed by atoms with van der Waals surface area (Å²) < 4.78 is 5.73. The number of para-hydroxylation sites is 1. The first kappa shape index (κ1) is 24.0. The van der Waals surface area contributed by atoms with Crippen LogP contribution in [0, 0.1) is 0 Å². The molecule has 0 spiro atoms. The van der Waals surface area contributed by atoms with E-state index in [1.165, 1.54) is 103 Å². The second kappa shape index (κ2) is 19.7. The first-order valence-corrected chi connectivity index (χ1v) is 11.7. The Kier molecular flexibility index (Phi) is 17.6. The average molecular weight is 377 g/mol. The highest BCUT2D eigenvalue weighted by molar-refractivity contribution is 5.20. The van der Waals surface area contributed by atoms with Gasteiger partial charge in [0.2, 0.25) is 0 Å².